The Balaban J connectivity index is 1.38. The van der Waals surface area contributed by atoms with E-state index in [0.717, 1.165) is 31.9 Å². The van der Waals surface area contributed by atoms with E-state index in [1.807, 2.05) is 91.9 Å². The van der Waals surface area contributed by atoms with Crippen LogP contribution in [0, 0.1) is 0 Å². The average molecular weight is 528 g/mol. The molecule has 4 aromatic carbocycles. The third-order valence-electron chi connectivity index (χ3n) is 5.50. The molecule has 5 rings (SSSR count). The fraction of sp³-hybridized carbons (Fsp3) is 0.103. The van der Waals surface area contributed by atoms with Crippen LogP contribution in [0.25, 0.3) is 16.8 Å². The average Bonchev–Trinajstić information content (AvgIpc) is 3.24. The summed E-state index contributed by atoms with van der Waals surface area (Å²) in [6.45, 7) is 2.82. The predicted molar refractivity (Wildman–Crippen MR) is 141 cm³/mol. The van der Waals surface area contributed by atoms with Crippen molar-refractivity contribution >= 4 is 44.6 Å². The van der Waals surface area contributed by atoms with E-state index in [0.29, 0.717) is 30.6 Å². The highest BCUT2D eigenvalue weighted by Crippen LogP contribution is 2.31. The highest BCUT2D eigenvalue weighted by atomic mass is 79.9. The summed E-state index contributed by atoms with van der Waals surface area (Å²) in [5.74, 6) is 1.04. The molecule has 0 atom stereocenters. The van der Waals surface area contributed by atoms with Crippen LogP contribution in [0.2, 0.25) is 0 Å². The summed E-state index contributed by atoms with van der Waals surface area (Å²) in [5, 5.41) is 2.17. The molecule has 5 nitrogen and oxygen atoms in total. The smallest absolute Gasteiger partial charge is 0.363 e. The zero-order chi connectivity index (χ0) is 24.2. The standard InChI is InChI=1S/C29H22BrNO4/c1-2-33-27-16-20(9-14-26(27)34-18-19-7-12-24(30)13-8-19)15-25-29(32)35-28(31-25)23-11-10-21-5-3-4-6-22(21)17-23/h3-17H,2,18H2,1H3/b25-15-. The maximum atomic E-state index is 12.5. The number of carbonyl (C=O) groups is 1. The van der Waals surface area contributed by atoms with Crippen LogP contribution in [0.5, 0.6) is 11.5 Å². The van der Waals surface area contributed by atoms with Crippen molar-refractivity contribution in [2.45, 2.75) is 13.5 Å². The number of cyclic esters (lactones) is 1. The lowest BCUT2D eigenvalue weighted by atomic mass is 10.1. The van der Waals surface area contributed by atoms with Crippen LogP contribution in [0.4, 0.5) is 0 Å². The van der Waals surface area contributed by atoms with Gasteiger partial charge in [-0.05, 0) is 71.3 Å². The van der Waals surface area contributed by atoms with Crippen molar-refractivity contribution in [2.24, 2.45) is 4.99 Å². The van der Waals surface area contributed by atoms with Gasteiger partial charge in [0.05, 0.1) is 6.61 Å². The molecule has 1 aliphatic heterocycles. The molecule has 0 amide bonds. The number of fused-ring (bicyclic) bond motifs is 1. The molecular weight excluding hydrogens is 506 g/mol. The van der Waals surface area contributed by atoms with Gasteiger partial charge in [0.15, 0.2) is 17.2 Å². The molecule has 0 saturated heterocycles. The fourth-order valence-electron chi connectivity index (χ4n) is 3.76. The van der Waals surface area contributed by atoms with Crippen LogP contribution in [0.3, 0.4) is 0 Å². The van der Waals surface area contributed by atoms with Crippen molar-refractivity contribution in [1.82, 2.24) is 0 Å². The number of esters is 1. The van der Waals surface area contributed by atoms with Crippen molar-refractivity contribution in [3.8, 4) is 11.5 Å². The van der Waals surface area contributed by atoms with Gasteiger partial charge in [0.2, 0.25) is 5.90 Å². The zero-order valence-corrected chi connectivity index (χ0v) is 20.6. The van der Waals surface area contributed by atoms with E-state index < -0.39 is 5.97 Å². The molecule has 35 heavy (non-hydrogen) atoms. The second-order valence-electron chi connectivity index (χ2n) is 7.95. The molecule has 0 bridgehead atoms. The molecule has 0 unspecified atom stereocenters. The van der Waals surface area contributed by atoms with Crippen LogP contribution in [0.1, 0.15) is 23.6 Å². The van der Waals surface area contributed by atoms with Gasteiger partial charge in [-0.3, -0.25) is 0 Å². The molecule has 0 saturated carbocycles. The first-order valence-electron chi connectivity index (χ1n) is 11.2. The number of carbonyl (C=O) groups excluding carboxylic acids is 1. The van der Waals surface area contributed by atoms with Gasteiger partial charge < -0.3 is 14.2 Å². The Morgan fingerprint density at radius 1 is 0.886 bits per heavy atom. The summed E-state index contributed by atoms with van der Waals surface area (Å²) in [7, 11) is 0. The molecular formula is C29H22BrNO4. The molecule has 1 heterocycles. The maximum Gasteiger partial charge on any atom is 0.363 e. The summed E-state index contributed by atoms with van der Waals surface area (Å²) in [5.41, 5.74) is 2.80. The van der Waals surface area contributed by atoms with Gasteiger partial charge in [-0.15, -0.1) is 0 Å². The molecule has 0 N–H and O–H groups in total. The van der Waals surface area contributed by atoms with Crippen molar-refractivity contribution in [2.75, 3.05) is 6.61 Å². The molecule has 1 aliphatic rings. The van der Waals surface area contributed by atoms with E-state index >= 15 is 0 Å². The third-order valence-corrected chi connectivity index (χ3v) is 6.02. The molecule has 6 heteroatoms. The first-order valence-corrected chi connectivity index (χ1v) is 12.0. The number of benzene rings is 4. The van der Waals surface area contributed by atoms with Crippen molar-refractivity contribution in [3.63, 3.8) is 0 Å². The lowest BCUT2D eigenvalue weighted by Crippen LogP contribution is -2.05. The van der Waals surface area contributed by atoms with Crippen LogP contribution < -0.4 is 9.47 Å². The van der Waals surface area contributed by atoms with Crippen molar-refractivity contribution in [3.05, 3.63) is 112 Å². The van der Waals surface area contributed by atoms with E-state index in [1.54, 1.807) is 6.08 Å². The number of hydrogen-bond donors (Lipinski definition) is 0. The topological polar surface area (TPSA) is 57.1 Å². The Kier molecular flexibility index (Phi) is 6.64. The first kappa shape index (κ1) is 22.9. The lowest BCUT2D eigenvalue weighted by molar-refractivity contribution is -0.129. The van der Waals surface area contributed by atoms with Gasteiger partial charge >= 0.3 is 5.97 Å². The highest BCUT2D eigenvalue weighted by molar-refractivity contribution is 9.10. The second kappa shape index (κ2) is 10.2. The van der Waals surface area contributed by atoms with Gasteiger partial charge in [0, 0.05) is 10.0 Å². The molecule has 174 valence electrons. The Bertz CT molecular complexity index is 1460. The molecule has 0 spiro atoms. The predicted octanol–water partition coefficient (Wildman–Crippen LogP) is 6.92. The summed E-state index contributed by atoms with van der Waals surface area (Å²) in [4.78, 5) is 17.0. The number of rotatable bonds is 7. The molecule has 0 fully saturated rings. The van der Waals surface area contributed by atoms with E-state index in [4.69, 9.17) is 14.2 Å². The van der Waals surface area contributed by atoms with Gasteiger partial charge in [-0.1, -0.05) is 64.5 Å². The van der Waals surface area contributed by atoms with E-state index in [-0.39, 0.29) is 5.70 Å². The van der Waals surface area contributed by atoms with Crippen LogP contribution in [0.15, 0.2) is 100 Å². The normalized spacial score (nSPS) is 14.2. The van der Waals surface area contributed by atoms with Gasteiger partial charge in [-0.2, -0.15) is 0 Å². The Morgan fingerprint density at radius 2 is 1.69 bits per heavy atom. The van der Waals surface area contributed by atoms with E-state index in [2.05, 4.69) is 20.9 Å². The Hall–Kier alpha value is -3.90. The second-order valence-corrected chi connectivity index (χ2v) is 8.87. The molecule has 0 aliphatic carbocycles. The highest BCUT2D eigenvalue weighted by Gasteiger charge is 2.24. The number of ether oxygens (including phenoxy) is 3. The Labute approximate surface area is 211 Å². The summed E-state index contributed by atoms with van der Waals surface area (Å²) in [6, 6.07) is 27.4. The van der Waals surface area contributed by atoms with E-state index in [9.17, 15) is 4.79 Å². The van der Waals surface area contributed by atoms with Gasteiger partial charge in [0.1, 0.15) is 6.61 Å². The van der Waals surface area contributed by atoms with Crippen LogP contribution in [-0.4, -0.2) is 18.5 Å². The number of nitrogens with zero attached hydrogens (tertiary/aromatic N) is 1. The molecule has 0 aromatic heterocycles. The fourth-order valence-corrected chi connectivity index (χ4v) is 4.02. The lowest BCUT2D eigenvalue weighted by Gasteiger charge is -2.13. The van der Waals surface area contributed by atoms with Crippen molar-refractivity contribution in [1.29, 1.82) is 0 Å². The van der Waals surface area contributed by atoms with E-state index in [1.165, 1.54) is 0 Å². The summed E-state index contributed by atoms with van der Waals surface area (Å²) >= 11 is 3.44. The minimum atomic E-state index is -0.485. The number of halogens is 1. The first-order chi connectivity index (χ1) is 17.1. The van der Waals surface area contributed by atoms with Crippen LogP contribution >= 0.6 is 15.9 Å². The number of hydrogen-bond acceptors (Lipinski definition) is 5. The maximum absolute atomic E-state index is 12.5. The zero-order valence-electron chi connectivity index (χ0n) is 19.0. The summed E-state index contributed by atoms with van der Waals surface area (Å²) < 4.78 is 18.3. The SMILES string of the molecule is CCOc1cc(/C=C2\N=C(c3ccc4ccccc4c3)OC2=O)ccc1OCc1ccc(Br)cc1. The number of aliphatic imine (C=N–C) groups is 1. The quantitative estimate of drug-likeness (QED) is 0.193. The molecule has 4 aromatic rings. The Morgan fingerprint density at radius 3 is 2.49 bits per heavy atom. The minimum Gasteiger partial charge on any atom is -0.490 e. The van der Waals surface area contributed by atoms with Gasteiger partial charge in [0.25, 0.3) is 0 Å². The largest absolute Gasteiger partial charge is 0.490 e. The third kappa shape index (κ3) is 5.28. The monoisotopic (exact) mass is 527 g/mol. The van der Waals surface area contributed by atoms with Gasteiger partial charge in [-0.25, -0.2) is 9.79 Å². The molecule has 0 radical (unpaired) electrons. The minimum absolute atomic E-state index is 0.235. The summed E-state index contributed by atoms with van der Waals surface area (Å²) in [6.07, 6.45) is 1.69. The van der Waals surface area contributed by atoms with Crippen molar-refractivity contribution < 1.29 is 19.0 Å². The van der Waals surface area contributed by atoms with Crippen LogP contribution in [-0.2, 0) is 16.1 Å².